The smallest absolute Gasteiger partial charge is 0.0779 e. The fourth-order valence-electron chi connectivity index (χ4n) is 2.63. The quantitative estimate of drug-likeness (QED) is 0.825. The summed E-state index contributed by atoms with van der Waals surface area (Å²) in [5, 5.41) is 3.63. The Morgan fingerprint density at radius 1 is 1.37 bits per heavy atom. The molecule has 1 aromatic carbocycles. The van der Waals surface area contributed by atoms with Crippen LogP contribution in [0.5, 0.6) is 0 Å². The Morgan fingerprint density at radius 2 is 2.11 bits per heavy atom. The van der Waals surface area contributed by atoms with E-state index < -0.39 is 0 Å². The summed E-state index contributed by atoms with van der Waals surface area (Å²) < 4.78 is 5.83. The molecule has 3 N–H and O–H groups in total. The standard InChI is InChI=1S/C16H26N2O/c1-15(12-17,11-14-7-4-3-5-8-14)18-13-16(2)9-6-10-19-16/h3-5,7-8,18H,6,9-13,17H2,1-2H3. The molecule has 0 amide bonds. The molecule has 1 aliphatic rings. The molecular formula is C16H26N2O. The van der Waals surface area contributed by atoms with Gasteiger partial charge in [0.2, 0.25) is 0 Å². The molecule has 3 nitrogen and oxygen atoms in total. The van der Waals surface area contributed by atoms with Gasteiger partial charge in [0.05, 0.1) is 5.60 Å². The minimum absolute atomic E-state index is 0.0207. The predicted octanol–water partition coefficient (Wildman–Crippen LogP) is 2.11. The first-order valence-electron chi connectivity index (χ1n) is 7.18. The molecule has 1 heterocycles. The van der Waals surface area contributed by atoms with Gasteiger partial charge in [-0.2, -0.15) is 0 Å². The normalized spacial score (nSPS) is 26.3. The molecule has 0 aliphatic carbocycles. The fraction of sp³-hybridized carbons (Fsp3) is 0.625. The number of nitrogens with one attached hydrogen (secondary N) is 1. The van der Waals surface area contributed by atoms with Crippen molar-refractivity contribution in [3.05, 3.63) is 35.9 Å². The zero-order valence-electron chi connectivity index (χ0n) is 12.1. The molecule has 0 saturated carbocycles. The molecule has 19 heavy (non-hydrogen) atoms. The van der Waals surface area contributed by atoms with Crippen LogP contribution in [0.25, 0.3) is 0 Å². The van der Waals surface area contributed by atoms with Crippen LogP contribution >= 0.6 is 0 Å². The Kier molecular flexibility index (Phi) is 4.61. The van der Waals surface area contributed by atoms with Gasteiger partial charge in [-0.15, -0.1) is 0 Å². The monoisotopic (exact) mass is 262 g/mol. The van der Waals surface area contributed by atoms with Crippen LogP contribution in [0.3, 0.4) is 0 Å². The Balaban J connectivity index is 1.94. The van der Waals surface area contributed by atoms with E-state index in [-0.39, 0.29) is 11.1 Å². The third-order valence-electron chi connectivity index (χ3n) is 4.08. The maximum Gasteiger partial charge on any atom is 0.0779 e. The molecule has 1 saturated heterocycles. The first kappa shape index (κ1) is 14.5. The van der Waals surface area contributed by atoms with E-state index in [1.165, 1.54) is 5.56 Å². The zero-order valence-corrected chi connectivity index (χ0v) is 12.1. The van der Waals surface area contributed by atoms with Gasteiger partial charge in [0, 0.05) is 25.2 Å². The average Bonchev–Trinajstić information content (AvgIpc) is 2.85. The van der Waals surface area contributed by atoms with Crippen molar-refractivity contribution in [3.63, 3.8) is 0 Å². The van der Waals surface area contributed by atoms with Gasteiger partial charge in [0.25, 0.3) is 0 Å². The van der Waals surface area contributed by atoms with E-state index in [0.29, 0.717) is 6.54 Å². The largest absolute Gasteiger partial charge is 0.374 e. The van der Waals surface area contributed by atoms with Crippen LogP contribution in [0, 0.1) is 0 Å². The Hall–Kier alpha value is -0.900. The van der Waals surface area contributed by atoms with Crippen molar-refractivity contribution < 1.29 is 4.74 Å². The molecule has 2 rings (SSSR count). The van der Waals surface area contributed by atoms with Crippen LogP contribution in [-0.2, 0) is 11.2 Å². The molecule has 0 radical (unpaired) electrons. The third-order valence-corrected chi connectivity index (χ3v) is 4.08. The second-order valence-electron chi connectivity index (χ2n) is 6.18. The van der Waals surface area contributed by atoms with Crippen molar-refractivity contribution in [2.24, 2.45) is 5.73 Å². The molecule has 2 atom stereocenters. The average molecular weight is 262 g/mol. The molecule has 0 bridgehead atoms. The Morgan fingerprint density at radius 3 is 2.68 bits per heavy atom. The summed E-state index contributed by atoms with van der Waals surface area (Å²) in [5.41, 5.74) is 7.21. The van der Waals surface area contributed by atoms with Gasteiger partial charge in [-0.3, -0.25) is 0 Å². The highest BCUT2D eigenvalue weighted by atomic mass is 16.5. The summed E-state index contributed by atoms with van der Waals surface area (Å²) in [7, 11) is 0. The van der Waals surface area contributed by atoms with Crippen molar-refractivity contribution in [3.8, 4) is 0 Å². The van der Waals surface area contributed by atoms with Crippen LogP contribution < -0.4 is 11.1 Å². The summed E-state index contributed by atoms with van der Waals surface area (Å²) in [6.45, 7) is 6.76. The van der Waals surface area contributed by atoms with Gasteiger partial charge in [0.15, 0.2) is 0 Å². The van der Waals surface area contributed by atoms with Crippen LogP contribution in [0.15, 0.2) is 30.3 Å². The van der Waals surface area contributed by atoms with Crippen molar-refractivity contribution >= 4 is 0 Å². The topological polar surface area (TPSA) is 47.3 Å². The van der Waals surface area contributed by atoms with E-state index in [1.807, 2.05) is 6.07 Å². The van der Waals surface area contributed by atoms with E-state index in [0.717, 1.165) is 32.4 Å². The maximum absolute atomic E-state index is 5.98. The maximum atomic E-state index is 5.98. The van der Waals surface area contributed by atoms with E-state index in [9.17, 15) is 0 Å². The second-order valence-corrected chi connectivity index (χ2v) is 6.18. The number of rotatable bonds is 6. The lowest BCUT2D eigenvalue weighted by Gasteiger charge is -2.34. The van der Waals surface area contributed by atoms with E-state index in [2.05, 4.69) is 43.4 Å². The zero-order chi connectivity index (χ0) is 13.8. The van der Waals surface area contributed by atoms with Gasteiger partial charge in [-0.25, -0.2) is 0 Å². The molecule has 106 valence electrons. The molecule has 1 aliphatic heterocycles. The summed E-state index contributed by atoms with van der Waals surface area (Å²) >= 11 is 0. The lowest BCUT2D eigenvalue weighted by Crippen LogP contribution is -2.54. The summed E-state index contributed by atoms with van der Waals surface area (Å²) in [6, 6.07) is 10.5. The van der Waals surface area contributed by atoms with Gasteiger partial charge in [-0.1, -0.05) is 30.3 Å². The van der Waals surface area contributed by atoms with E-state index in [4.69, 9.17) is 10.5 Å². The molecule has 0 spiro atoms. The fourth-order valence-corrected chi connectivity index (χ4v) is 2.63. The predicted molar refractivity (Wildman–Crippen MR) is 79.2 cm³/mol. The van der Waals surface area contributed by atoms with Crippen LogP contribution in [0.1, 0.15) is 32.3 Å². The lowest BCUT2D eigenvalue weighted by atomic mass is 9.91. The lowest BCUT2D eigenvalue weighted by molar-refractivity contribution is 0.0151. The minimum atomic E-state index is -0.0731. The van der Waals surface area contributed by atoms with Crippen molar-refractivity contribution in [2.45, 2.75) is 44.2 Å². The number of hydrogen-bond donors (Lipinski definition) is 2. The van der Waals surface area contributed by atoms with Crippen molar-refractivity contribution in [1.29, 1.82) is 0 Å². The number of benzene rings is 1. The van der Waals surface area contributed by atoms with Gasteiger partial charge < -0.3 is 15.8 Å². The summed E-state index contributed by atoms with van der Waals surface area (Å²) in [4.78, 5) is 0. The highest BCUT2D eigenvalue weighted by molar-refractivity contribution is 5.18. The number of ether oxygens (including phenoxy) is 1. The van der Waals surface area contributed by atoms with Gasteiger partial charge in [0.1, 0.15) is 0 Å². The van der Waals surface area contributed by atoms with E-state index >= 15 is 0 Å². The summed E-state index contributed by atoms with van der Waals surface area (Å²) in [6.07, 6.45) is 3.24. The minimum Gasteiger partial charge on any atom is -0.374 e. The van der Waals surface area contributed by atoms with Crippen LogP contribution in [0.4, 0.5) is 0 Å². The Labute approximate surface area is 116 Å². The second kappa shape index (κ2) is 6.04. The van der Waals surface area contributed by atoms with Gasteiger partial charge in [-0.05, 0) is 38.7 Å². The van der Waals surface area contributed by atoms with Crippen LogP contribution in [-0.4, -0.2) is 30.8 Å². The SMILES string of the molecule is CC(CN)(Cc1ccccc1)NCC1(C)CCCO1. The van der Waals surface area contributed by atoms with E-state index in [1.54, 1.807) is 0 Å². The molecule has 1 fully saturated rings. The highest BCUT2D eigenvalue weighted by Gasteiger charge is 2.32. The first-order chi connectivity index (χ1) is 9.05. The van der Waals surface area contributed by atoms with Gasteiger partial charge >= 0.3 is 0 Å². The van der Waals surface area contributed by atoms with Crippen LogP contribution in [0.2, 0.25) is 0 Å². The first-order valence-corrected chi connectivity index (χ1v) is 7.18. The molecule has 2 unspecified atom stereocenters. The number of nitrogens with two attached hydrogens (primary N) is 1. The summed E-state index contributed by atoms with van der Waals surface area (Å²) in [5.74, 6) is 0. The molecular weight excluding hydrogens is 236 g/mol. The molecule has 1 aromatic rings. The number of hydrogen-bond acceptors (Lipinski definition) is 3. The highest BCUT2D eigenvalue weighted by Crippen LogP contribution is 2.25. The molecule has 0 aromatic heterocycles. The molecule has 3 heteroatoms. The van der Waals surface area contributed by atoms with Crippen molar-refractivity contribution in [1.82, 2.24) is 5.32 Å². The Bertz CT molecular complexity index is 387. The van der Waals surface area contributed by atoms with Crippen molar-refractivity contribution in [2.75, 3.05) is 19.7 Å². The third kappa shape index (κ3) is 4.03.